The maximum absolute atomic E-state index is 9.90. The van der Waals surface area contributed by atoms with Gasteiger partial charge in [-0.1, -0.05) is 19.9 Å². The lowest BCUT2D eigenvalue weighted by Crippen LogP contribution is -2.57. The van der Waals surface area contributed by atoms with Crippen LogP contribution in [0, 0.1) is 23.7 Å². The van der Waals surface area contributed by atoms with Crippen LogP contribution in [0.4, 0.5) is 11.8 Å². The van der Waals surface area contributed by atoms with Gasteiger partial charge in [-0.05, 0) is 25.0 Å². The molecule has 0 saturated heterocycles. The predicted octanol–water partition coefficient (Wildman–Crippen LogP) is 2.28. The SMILES string of the molecule is Cc1cccnc1CCNc1ncc(C#N)c(NC2C[C@H](O)C2(C)C)n1. The Morgan fingerprint density at radius 1 is 1.38 bits per heavy atom. The molecule has 0 aliphatic heterocycles. The average molecular weight is 352 g/mol. The Morgan fingerprint density at radius 3 is 2.85 bits per heavy atom. The zero-order valence-corrected chi connectivity index (χ0v) is 15.3. The molecule has 1 aliphatic rings. The quantitative estimate of drug-likeness (QED) is 0.732. The molecular weight excluding hydrogens is 328 g/mol. The van der Waals surface area contributed by atoms with Crippen LogP contribution in [0.3, 0.4) is 0 Å². The van der Waals surface area contributed by atoms with Crippen LogP contribution in [0.5, 0.6) is 0 Å². The van der Waals surface area contributed by atoms with Gasteiger partial charge in [0, 0.05) is 36.3 Å². The fourth-order valence-corrected chi connectivity index (χ4v) is 3.04. The largest absolute Gasteiger partial charge is 0.392 e. The average Bonchev–Trinajstić information content (AvgIpc) is 2.63. The van der Waals surface area contributed by atoms with Gasteiger partial charge in [-0.25, -0.2) is 4.98 Å². The summed E-state index contributed by atoms with van der Waals surface area (Å²) in [5.74, 6) is 0.974. The molecule has 2 atom stereocenters. The van der Waals surface area contributed by atoms with E-state index in [2.05, 4.69) is 31.7 Å². The molecule has 0 bridgehead atoms. The third-order valence-corrected chi connectivity index (χ3v) is 5.20. The van der Waals surface area contributed by atoms with Crippen LogP contribution in [-0.4, -0.2) is 38.7 Å². The Bertz CT molecular complexity index is 829. The van der Waals surface area contributed by atoms with Gasteiger partial charge in [0.1, 0.15) is 17.5 Å². The topological polar surface area (TPSA) is 107 Å². The Kier molecular flexibility index (Phi) is 5.05. The van der Waals surface area contributed by atoms with Crippen molar-refractivity contribution >= 4 is 11.8 Å². The van der Waals surface area contributed by atoms with Gasteiger partial charge in [-0.2, -0.15) is 10.2 Å². The van der Waals surface area contributed by atoms with E-state index in [0.29, 0.717) is 30.3 Å². The van der Waals surface area contributed by atoms with Crippen molar-refractivity contribution in [2.45, 2.75) is 45.8 Å². The first kappa shape index (κ1) is 18.1. The summed E-state index contributed by atoms with van der Waals surface area (Å²) in [6, 6.07) is 6.15. The van der Waals surface area contributed by atoms with Gasteiger partial charge >= 0.3 is 0 Å². The number of aromatic nitrogens is 3. The van der Waals surface area contributed by atoms with E-state index in [4.69, 9.17) is 0 Å². The standard InChI is InChI=1S/C19H24N6O/c1-12-5-4-7-21-14(12)6-8-22-18-23-11-13(10-20)17(25-18)24-15-9-16(26)19(15,2)3/h4-5,7,11,15-16,26H,6,8-9H2,1-3H3,(H2,22,23,24,25)/t15?,16-/m0/s1. The molecule has 1 saturated carbocycles. The summed E-state index contributed by atoms with van der Waals surface area (Å²) in [6.07, 6.45) is 4.37. The van der Waals surface area contributed by atoms with Gasteiger partial charge in [0.2, 0.25) is 5.95 Å². The summed E-state index contributed by atoms with van der Waals surface area (Å²) in [5.41, 5.74) is 2.34. The van der Waals surface area contributed by atoms with Crippen molar-refractivity contribution < 1.29 is 5.11 Å². The minimum atomic E-state index is -0.341. The Balaban J connectivity index is 1.66. The number of aliphatic hydroxyl groups is 1. The number of nitrogens with one attached hydrogen (secondary N) is 2. The first-order chi connectivity index (χ1) is 12.4. The Labute approximate surface area is 153 Å². The van der Waals surface area contributed by atoms with Crippen molar-refractivity contribution in [1.82, 2.24) is 15.0 Å². The number of hydrogen-bond donors (Lipinski definition) is 3. The van der Waals surface area contributed by atoms with Gasteiger partial charge in [-0.15, -0.1) is 0 Å². The smallest absolute Gasteiger partial charge is 0.224 e. The molecule has 3 rings (SSSR count). The lowest BCUT2D eigenvalue weighted by molar-refractivity contribution is -0.0511. The highest BCUT2D eigenvalue weighted by atomic mass is 16.3. The van der Waals surface area contributed by atoms with E-state index >= 15 is 0 Å². The molecule has 0 aromatic carbocycles. The molecule has 1 fully saturated rings. The second-order valence-corrected chi connectivity index (χ2v) is 7.28. The van der Waals surface area contributed by atoms with Gasteiger partial charge in [0.25, 0.3) is 0 Å². The zero-order valence-electron chi connectivity index (χ0n) is 15.3. The number of nitrogens with zero attached hydrogens (tertiary/aromatic N) is 4. The molecule has 136 valence electrons. The van der Waals surface area contributed by atoms with E-state index < -0.39 is 0 Å². The maximum atomic E-state index is 9.90. The molecule has 0 radical (unpaired) electrons. The van der Waals surface area contributed by atoms with E-state index in [-0.39, 0.29) is 17.6 Å². The number of hydrogen-bond acceptors (Lipinski definition) is 7. The Morgan fingerprint density at radius 2 is 2.19 bits per heavy atom. The normalized spacial score (nSPS) is 20.7. The minimum absolute atomic E-state index is 0.0727. The summed E-state index contributed by atoms with van der Waals surface area (Å²) in [7, 11) is 0. The Hall–Kier alpha value is -2.72. The van der Waals surface area contributed by atoms with Crippen LogP contribution >= 0.6 is 0 Å². The molecule has 26 heavy (non-hydrogen) atoms. The van der Waals surface area contributed by atoms with Crippen LogP contribution in [0.25, 0.3) is 0 Å². The van der Waals surface area contributed by atoms with E-state index in [1.165, 1.54) is 6.20 Å². The van der Waals surface area contributed by atoms with Crippen LogP contribution in [0.2, 0.25) is 0 Å². The van der Waals surface area contributed by atoms with E-state index in [9.17, 15) is 10.4 Å². The fraction of sp³-hybridized carbons (Fsp3) is 0.474. The van der Waals surface area contributed by atoms with Crippen LogP contribution < -0.4 is 10.6 Å². The minimum Gasteiger partial charge on any atom is -0.392 e. The van der Waals surface area contributed by atoms with Crippen molar-refractivity contribution in [3.63, 3.8) is 0 Å². The molecule has 1 aliphatic carbocycles. The predicted molar refractivity (Wildman–Crippen MR) is 99.7 cm³/mol. The first-order valence-corrected chi connectivity index (χ1v) is 8.78. The van der Waals surface area contributed by atoms with Crippen molar-refractivity contribution in [2.24, 2.45) is 5.41 Å². The van der Waals surface area contributed by atoms with Crippen molar-refractivity contribution in [3.8, 4) is 6.07 Å². The third-order valence-electron chi connectivity index (χ3n) is 5.20. The van der Waals surface area contributed by atoms with E-state index in [1.54, 1.807) is 6.20 Å². The zero-order chi connectivity index (χ0) is 18.7. The summed E-state index contributed by atoms with van der Waals surface area (Å²) in [6.45, 7) is 6.69. The molecule has 2 aromatic rings. The summed E-state index contributed by atoms with van der Waals surface area (Å²) >= 11 is 0. The van der Waals surface area contributed by atoms with E-state index in [0.717, 1.165) is 17.7 Å². The number of rotatable bonds is 6. The second-order valence-electron chi connectivity index (χ2n) is 7.28. The number of aryl methyl sites for hydroxylation is 1. The molecule has 7 heteroatoms. The van der Waals surface area contributed by atoms with Gasteiger partial charge in [0.05, 0.1) is 12.3 Å². The lowest BCUT2D eigenvalue weighted by Gasteiger charge is -2.49. The summed E-state index contributed by atoms with van der Waals surface area (Å²) < 4.78 is 0. The monoisotopic (exact) mass is 352 g/mol. The van der Waals surface area contributed by atoms with Gasteiger partial charge in [-0.3, -0.25) is 4.98 Å². The highest BCUT2D eigenvalue weighted by Crippen LogP contribution is 2.42. The molecule has 1 unspecified atom stereocenters. The lowest BCUT2D eigenvalue weighted by atomic mass is 9.64. The fourth-order valence-electron chi connectivity index (χ4n) is 3.04. The summed E-state index contributed by atoms with van der Waals surface area (Å²) in [4.78, 5) is 13.0. The molecule has 7 nitrogen and oxygen atoms in total. The van der Waals surface area contributed by atoms with Crippen LogP contribution in [-0.2, 0) is 6.42 Å². The van der Waals surface area contributed by atoms with E-state index in [1.807, 2.05) is 32.9 Å². The molecule has 2 heterocycles. The van der Waals surface area contributed by atoms with Crippen molar-refractivity contribution in [3.05, 3.63) is 41.3 Å². The van der Waals surface area contributed by atoms with Crippen LogP contribution in [0.15, 0.2) is 24.5 Å². The molecule has 2 aromatic heterocycles. The van der Waals surface area contributed by atoms with Crippen molar-refractivity contribution in [1.29, 1.82) is 5.26 Å². The highest BCUT2D eigenvalue weighted by Gasteiger charge is 2.47. The molecule has 0 spiro atoms. The number of pyridine rings is 1. The number of nitriles is 1. The van der Waals surface area contributed by atoms with Gasteiger partial charge in [0.15, 0.2) is 0 Å². The first-order valence-electron chi connectivity index (χ1n) is 8.78. The maximum Gasteiger partial charge on any atom is 0.224 e. The summed E-state index contributed by atoms with van der Waals surface area (Å²) in [5, 5.41) is 25.7. The molecular formula is C19H24N6O. The van der Waals surface area contributed by atoms with Crippen molar-refractivity contribution in [2.75, 3.05) is 17.2 Å². The van der Waals surface area contributed by atoms with Crippen LogP contribution in [0.1, 0.15) is 37.1 Å². The molecule has 0 amide bonds. The third kappa shape index (κ3) is 3.60. The number of anilines is 2. The highest BCUT2D eigenvalue weighted by molar-refractivity contribution is 5.54. The molecule has 3 N–H and O–H groups in total. The number of aliphatic hydroxyl groups excluding tert-OH is 1. The van der Waals surface area contributed by atoms with Gasteiger partial charge < -0.3 is 15.7 Å². The second kappa shape index (κ2) is 7.26.